The summed E-state index contributed by atoms with van der Waals surface area (Å²) in [6, 6.07) is 9.36. The molecule has 0 radical (unpaired) electrons. The number of hydrogen-bond acceptors (Lipinski definition) is 7. The van der Waals surface area contributed by atoms with Gasteiger partial charge in [-0.15, -0.1) is 0 Å². The highest BCUT2D eigenvalue weighted by molar-refractivity contribution is 6.04. The van der Waals surface area contributed by atoms with E-state index >= 15 is 0 Å². The Morgan fingerprint density at radius 3 is 2.52 bits per heavy atom. The van der Waals surface area contributed by atoms with Gasteiger partial charge in [0, 0.05) is 45.5 Å². The maximum absolute atomic E-state index is 12.9. The number of carbonyl (C=O) groups is 2. The number of aromatic nitrogens is 2. The van der Waals surface area contributed by atoms with E-state index in [1.165, 1.54) is 0 Å². The van der Waals surface area contributed by atoms with Gasteiger partial charge in [-0.1, -0.05) is 12.1 Å². The molecule has 2 fully saturated rings. The molecular weight excluding hydrogens is 372 g/mol. The molecule has 0 aliphatic carbocycles. The summed E-state index contributed by atoms with van der Waals surface area (Å²) >= 11 is 0. The summed E-state index contributed by atoms with van der Waals surface area (Å²) in [5, 5.41) is 2.99. The first-order chi connectivity index (χ1) is 14.2. The highest BCUT2D eigenvalue weighted by Gasteiger charge is 2.20. The van der Waals surface area contributed by atoms with Gasteiger partial charge in [-0.3, -0.25) is 9.59 Å². The molecule has 2 amide bonds. The van der Waals surface area contributed by atoms with E-state index in [0.29, 0.717) is 51.0 Å². The van der Waals surface area contributed by atoms with E-state index in [-0.39, 0.29) is 5.91 Å². The van der Waals surface area contributed by atoms with E-state index in [9.17, 15) is 9.59 Å². The lowest BCUT2D eigenvalue weighted by Crippen LogP contribution is -2.46. The Hall–Kier alpha value is -3.20. The second-order valence-corrected chi connectivity index (χ2v) is 6.94. The molecule has 2 aliphatic heterocycles. The lowest BCUT2D eigenvalue weighted by Gasteiger charge is -2.32. The van der Waals surface area contributed by atoms with Gasteiger partial charge in [-0.05, 0) is 18.2 Å². The minimum absolute atomic E-state index is 0.277. The summed E-state index contributed by atoms with van der Waals surface area (Å²) < 4.78 is 5.42. The van der Waals surface area contributed by atoms with Crippen LogP contribution >= 0.6 is 0 Å². The molecule has 0 unspecified atom stereocenters. The molecule has 9 nitrogen and oxygen atoms in total. The molecule has 4 rings (SSSR count). The first-order valence-corrected chi connectivity index (χ1v) is 9.75. The van der Waals surface area contributed by atoms with Crippen molar-refractivity contribution in [3.8, 4) is 0 Å². The normalized spacial score (nSPS) is 17.2. The Labute approximate surface area is 169 Å². The highest BCUT2D eigenvalue weighted by atomic mass is 16.5. The van der Waals surface area contributed by atoms with Gasteiger partial charge in [0.1, 0.15) is 5.69 Å². The van der Waals surface area contributed by atoms with Crippen molar-refractivity contribution in [1.29, 1.82) is 0 Å². The number of ether oxygens (including phenoxy) is 1. The average Bonchev–Trinajstić information content (AvgIpc) is 2.80. The quantitative estimate of drug-likeness (QED) is 0.749. The van der Waals surface area contributed by atoms with E-state index in [4.69, 9.17) is 4.74 Å². The number of carbonyl (C=O) groups excluding carboxylic acids is 2. The lowest BCUT2D eigenvalue weighted by molar-refractivity contribution is -0.118. The molecule has 0 saturated carbocycles. The number of nitrogens with one attached hydrogen (secondary N) is 1. The van der Waals surface area contributed by atoms with E-state index in [0.717, 1.165) is 30.9 Å². The Bertz CT molecular complexity index is 863. The van der Waals surface area contributed by atoms with Crippen LogP contribution in [0.15, 0.2) is 36.5 Å². The second kappa shape index (κ2) is 8.87. The molecule has 2 aromatic rings. The molecule has 9 heteroatoms. The van der Waals surface area contributed by atoms with E-state index in [2.05, 4.69) is 20.2 Å². The molecule has 0 atom stereocenters. The van der Waals surface area contributed by atoms with E-state index in [1.807, 2.05) is 29.2 Å². The second-order valence-electron chi connectivity index (χ2n) is 6.94. The van der Waals surface area contributed by atoms with Crippen molar-refractivity contribution in [3.63, 3.8) is 0 Å². The van der Waals surface area contributed by atoms with Crippen molar-refractivity contribution in [1.82, 2.24) is 14.9 Å². The van der Waals surface area contributed by atoms with Crippen molar-refractivity contribution in [2.24, 2.45) is 0 Å². The third-order valence-corrected chi connectivity index (χ3v) is 5.13. The molecule has 2 aliphatic rings. The van der Waals surface area contributed by atoms with Crippen LogP contribution in [0, 0.1) is 0 Å². The Morgan fingerprint density at radius 2 is 1.76 bits per heavy atom. The zero-order valence-electron chi connectivity index (χ0n) is 16.2. The predicted molar refractivity (Wildman–Crippen MR) is 109 cm³/mol. The number of benzene rings is 1. The third kappa shape index (κ3) is 4.45. The van der Waals surface area contributed by atoms with Gasteiger partial charge in [0.25, 0.3) is 5.91 Å². The number of para-hydroxylation sites is 2. The molecule has 1 aromatic carbocycles. The fourth-order valence-electron chi connectivity index (χ4n) is 3.50. The van der Waals surface area contributed by atoms with Crippen LogP contribution in [-0.2, 0) is 9.53 Å². The number of hydrogen-bond donors (Lipinski definition) is 1. The monoisotopic (exact) mass is 396 g/mol. The first-order valence-electron chi connectivity index (χ1n) is 9.75. The van der Waals surface area contributed by atoms with Crippen LogP contribution in [0.5, 0.6) is 0 Å². The highest BCUT2D eigenvalue weighted by Crippen LogP contribution is 2.26. The average molecular weight is 396 g/mol. The smallest absolute Gasteiger partial charge is 0.274 e. The van der Waals surface area contributed by atoms with Gasteiger partial charge < -0.3 is 24.8 Å². The summed E-state index contributed by atoms with van der Waals surface area (Å²) in [5.74, 6) is 0.227. The zero-order chi connectivity index (χ0) is 20.1. The van der Waals surface area contributed by atoms with E-state index in [1.54, 1.807) is 17.2 Å². The summed E-state index contributed by atoms with van der Waals surface area (Å²) in [5.41, 5.74) is 2.03. The number of anilines is 3. The Morgan fingerprint density at radius 1 is 1.00 bits per heavy atom. The lowest BCUT2D eigenvalue weighted by atomic mass is 10.2. The fourth-order valence-corrected chi connectivity index (χ4v) is 3.50. The van der Waals surface area contributed by atoms with Gasteiger partial charge in [0.2, 0.25) is 12.4 Å². The molecule has 29 heavy (non-hydrogen) atoms. The standard InChI is InChI=1S/C20H24N6O3/c27-15-24-7-9-26(10-8-24)20-21-6-5-17(23-20)19(28)22-16-3-1-2-4-18(16)25-11-13-29-14-12-25/h1-6,15H,7-14H2,(H,22,28). The molecule has 1 aromatic heterocycles. The largest absolute Gasteiger partial charge is 0.378 e. The molecule has 2 saturated heterocycles. The van der Waals surface area contributed by atoms with Gasteiger partial charge in [-0.25, -0.2) is 9.97 Å². The number of rotatable bonds is 5. The predicted octanol–water partition coefficient (Wildman–Crippen LogP) is 0.844. The van der Waals surface area contributed by atoms with Crippen LogP contribution in [0.4, 0.5) is 17.3 Å². The van der Waals surface area contributed by atoms with Gasteiger partial charge in [0.05, 0.1) is 24.6 Å². The van der Waals surface area contributed by atoms with Crippen LogP contribution in [-0.4, -0.2) is 79.7 Å². The number of piperazine rings is 1. The van der Waals surface area contributed by atoms with Crippen molar-refractivity contribution in [2.45, 2.75) is 0 Å². The van der Waals surface area contributed by atoms with Crippen LogP contribution in [0.1, 0.15) is 10.5 Å². The van der Waals surface area contributed by atoms with Crippen molar-refractivity contribution in [2.75, 3.05) is 67.6 Å². The zero-order valence-corrected chi connectivity index (χ0v) is 16.2. The molecule has 0 bridgehead atoms. The Balaban J connectivity index is 1.48. The van der Waals surface area contributed by atoms with Crippen LogP contribution < -0.4 is 15.1 Å². The summed E-state index contributed by atoms with van der Waals surface area (Å²) in [6.07, 6.45) is 2.45. The van der Waals surface area contributed by atoms with Gasteiger partial charge in [0.15, 0.2) is 0 Å². The third-order valence-electron chi connectivity index (χ3n) is 5.13. The number of nitrogens with zero attached hydrogens (tertiary/aromatic N) is 5. The first kappa shape index (κ1) is 19.1. The minimum atomic E-state index is -0.277. The molecule has 3 heterocycles. The van der Waals surface area contributed by atoms with Gasteiger partial charge in [-0.2, -0.15) is 0 Å². The molecule has 152 valence electrons. The summed E-state index contributed by atoms with van der Waals surface area (Å²) in [6.45, 7) is 5.46. The van der Waals surface area contributed by atoms with Crippen LogP contribution in [0.25, 0.3) is 0 Å². The molecule has 0 spiro atoms. The maximum Gasteiger partial charge on any atom is 0.274 e. The molecule has 1 N–H and O–H groups in total. The maximum atomic E-state index is 12.9. The van der Waals surface area contributed by atoms with Crippen molar-refractivity contribution in [3.05, 3.63) is 42.2 Å². The SMILES string of the molecule is O=CN1CCN(c2nccc(C(=O)Nc3ccccc3N3CCOCC3)n2)CC1. The topological polar surface area (TPSA) is 90.9 Å². The fraction of sp³-hybridized carbons (Fsp3) is 0.400. The minimum Gasteiger partial charge on any atom is -0.378 e. The molecular formula is C20H24N6O3. The van der Waals surface area contributed by atoms with E-state index < -0.39 is 0 Å². The summed E-state index contributed by atoms with van der Waals surface area (Å²) in [4.78, 5) is 38.4. The number of morpholine rings is 1. The van der Waals surface area contributed by atoms with Crippen molar-refractivity contribution >= 4 is 29.6 Å². The summed E-state index contributed by atoms with van der Waals surface area (Å²) in [7, 11) is 0. The van der Waals surface area contributed by atoms with Crippen molar-refractivity contribution < 1.29 is 14.3 Å². The number of amides is 2. The van der Waals surface area contributed by atoms with Crippen LogP contribution in [0.3, 0.4) is 0 Å². The van der Waals surface area contributed by atoms with Gasteiger partial charge >= 0.3 is 0 Å². The Kier molecular flexibility index (Phi) is 5.85. The van der Waals surface area contributed by atoms with Crippen LogP contribution in [0.2, 0.25) is 0 Å².